The summed E-state index contributed by atoms with van der Waals surface area (Å²) < 4.78 is 11.1. The van der Waals surface area contributed by atoms with E-state index in [-0.39, 0.29) is 24.0 Å². The molecule has 23 heavy (non-hydrogen) atoms. The number of carbonyl (C=O) groups is 1. The van der Waals surface area contributed by atoms with Crippen molar-refractivity contribution in [1.29, 1.82) is 0 Å². The molecule has 1 amide bonds. The average Bonchev–Trinajstić information content (AvgIpc) is 3.26. The minimum atomic E-state index is -0.0275. The van der Waals surface area contributed by atoms with E-state index in [9.17, 15) is 4.79 Å². The lowest BCUT2D eigenvalue weighted by Gasteiger charge is -2.27. The van der Waals surface area contributed by atoms with Gasteiger partial charge in [0.05, 0.1) is 19.1 Å². The number of nitrogens with two attached hydrogens (primary N) is 1. The van der Waals surface area contributed by atoms with Crippen LogP contribution in [0.1, 0.15) is 25.7 Å². The Morgan fingerprint density at radius 3 is 2.61 bits per heavy atom. The van der Waals surface area contributed by atoms with Crippen LogP contribution in [0.3, 0.4) is 0 Å². The maximum Gasteiger partial charge on any atom is 0.229 e. The van der Waals surface area contributed by atoms with Crippen molar-refractivity contribution in [3.8, 4) is 5.75 Å². The van der Waals surface area contributed by atoms with Crippen molar-refractivity contribution in [2.24, 2.45) is 23.5 Å². The van der Waals surface area contributed by atoms with Crippen LogP contribution < -0.4 is 15.8 Å². The first-order chi connectivity index (χ1) is 11.2. The molecule has 3 N–H and O–H groups in total. The summed E-state index contributed by atoms with van der Waals surface area (Å²) in [5.74, 6) is 1.87. The van der Waals surface area contributed by atoms with Crippen LogP contribution in [0.25, 0.3) is 0 Å². The lowest BCUT2D eigenvalue weighted by molar-refractivity contribution is -0.121. The summed E-state index contributed by atoms with van der Waals surface area (Å²) in [6.07, 6.45) is 4.53. The van der Waals surface area contributed by atoms with Crippen LogP contribution in [0.2, 0.25) is 0 Å². The van der Waals surface area contributed by atoms with Gasteiger partial charge in [0.25, 0.3) is 0 Å². The number of amides is 1. The quantitative estimate of drug-likeness (QED) is 0.893. The van der Waals surface area contributed by atoms with Crippen LogP contribution in [0.5, 0.6) is 5.75 Å². The highest BCUT2D eigenvalue weighted by molar-refractivity contribution is 5.93. The zero-order chi connectivity index (χ0) is 15.8. The highest BCUT2D eigenvalue weighted by atomic mass is 16.5. The van der Waals surface area contributed by atoms with Crippen molar-refractivity contribution < 1.29 is 14.3 Å². The molecule has 0 spiro atoms. The van der Waals surface area contributed by atoms with Crippen molar-refractivity contribution in [3.63, 3.8) is 0 Å². The molecular weight excluding hydrogens is 292 g/mol. The smallest absolute Gasteiger partial charge is 0.229 e. The molecule has 5 unspecified atom stereocenters. The third-order valence-corrected chi connectivity index (χ3v) is 5.60. The van der Waals surface area contributed by atoms with Gasteiger partial charge in [-0.05, 0) is 55.4 Å². The molecule has 3 fully saturated rings. The number of anilines is 1. The van der Waals surface area contributed by atoms with Crippen molar-refractivity contribution >= 4 is 11.6 Å². The van der Waals surface area contributed by atoms with Gasteiger partial charge in [0, 0.05) is 18.2 Å². The fourth-order valence-corrected chi connectivity index (χ4v) is 4.37. The summed E-state index contributed by atoms with van der Waals surface area (Å²) in [7, 11) is 0. The minimum absolute atomic E-state index is 0.0266. The molecule has 0 aromatic heterocycles. The third kappa shape index (κ3) is 2.95. The molecule has 1 heterocycles. The average molecular weight is 316 g/mol. The molecule has 1 aliphatic heterocycles. The molecule has 5 nitrogen and oxygen atoms in total. The molecule has 1 aromatic carbocycles. The second-order valence-corrected chi connectivity index (χ2v) is 7.05. The Bertz CT molecular complexity index is 566. The predicted octanol–water partition coefficient (Wildman–Crippen LogP) is 2.17. The summed E-state index contributed by atoms with van der Waals surface area (Å²) in [6.45, 7) is 1.42. The van der Waals surface area contributed by atoms with Gasteiger partial charge < -0.3 is 20.5 Å². The van der Waals surface area contributed by atoms with Crippen LogP contribution in [-0.4, -0.2) is 31.3 Å². The molecule has 2 aliphatic carbocycles. The van der Waals surface area contributed by atoms with E-state index in [0.717, 1.165) is 37.3 Å². The van der Waals surface area contributed by atoms with Crippen LogP contribution in [0.15, 0.2) is 24.3 Å². The van der Waals surface area contributed by atoms with Gasteiger partial charge in [-0.15, -0.1) is 0 Å². The number of rotatable bonds is 4. The van der Waals surface area contributed by atoms with E-state index in [0.29, 0.717) is 18.4 Å². The molecule has 0 radical (unpaired) electrons. The Morgan fingerprint density at radius 2 is 1.96 bits per heavy atom. The van der Waals surface area contributed by atoms with E-state index in [1.54, 1.807) is 0 Å². The van der Waals surface area contributed by atoms with Crippen LogP contribution in [0, 0.1) is 17.8 Å². The molecule has 124 valence electrons. The van der Waals surface area contributed by atoms with E-state index < -0.39 is 0 Å². The van der Waals surface area contributed by atoms with Crippen molar-refractivity contribution in [2.75, 3.05) is 18.5 Å². The molecule has 3 aliphatic rings. The fraction of sp³-hybridized carbons (Fsp3) is 0.611. The van der Waals surface area contributed by atoms with Gasteiger partial charge in [-0.25, -0.2) is 0 Å². The third-order valence-electron chi connectivity index (χ3n) is 5.60. The van der Waals surface area contributed by atoms with E-state index in [1.807, 2.05) is 24.3 Å². The number of fused-ring (bicyclic) bond motifs is 2. The van der Waals surface area contributed by atoms with Gasteiger partial charge in [-0.3, -0.25) is 4.79 Å². The second-order valence-electron chi connectivity index (χ2n) is 7.05. The first-order valence-corrected chi connectivity index (χ1v) is 8.61. The maximum absolute atomic E-state index is 12.5. The highest BCUT2D eigenvalue weighted by Crippen LogP contribution is 2.47. The lowest BCUT2D eigenvalue weighted by atomic mass is 9.84. The number of ether oxygens (including phenoxy) is 2. The Kier molecular flexibility index (Phi) is 3.99. The highest BCUT2D eigenvalue weighted by Gasteiger charge is 2.49. The molecule has 1 saturated heterocycles. The van der Waals surface area contributed by atoms with Crippen molar-refractivity contribution in [2.45, 2.75) is 37.8 Å². The number of hydrogen-bond acceptors (Lipinski definition) is 4. The first kappa shape index (κ1) is 15.0. The molecule has 1 aromatic rings. The number of carbonyl (C=O) groups excluding carboxylic acids is 1. The lowest BCUT2D eigenvalue weighted by Crippen LogP contribution is -2.42. The topological polar surface area (TPSA) is 73.6 Å². The second kappa shape index (κ2) is 6.13. The molecule has 2 bridgehead atoms. The predicted molar refractivity (Wildman–Crippen MR) is 87.2 cm³/mol. The molecule has 5 atom stereocenters. The van der Waals surface area contributed by atoms with Gasteiger partial charge in [0.1, 0.15) is 11.9 Å². The van der Waals surface area contributed by atoms with Gasteiger partial charge in [-0.1, -0.05) is 0 Å². The largest absolute Gasteiger partial charge is 0.488 e. The molecular formula is C18H24N2O3. The van der Waals surface area contributed by atoms with E-state index in [4.69, 9.17) is 15.2 Å². The van der Waals surface area contributed by atoms with Crippen molar-refractivity contribution in [1.82, 2.24) is 0 Å². The normalized spacial score (nSPS) is 35.4. The minimum Gasteiger partial charge on any atom is -0.488 e. The summed E-state index contributed by atoms with van der Waals surface area (Å²) in [5.41, 5.74) is 7.05. The van der Waals surface area contributed by atoms with E-state index in [2.05, 4.69) is 5.32 Å². The molecule has 5 heteroatoms. The van der Waals surface area contributed by atoms with Crippen LogP contribution in [0.4, 0.5) is 5.69 Å². The first-order valence-electron chi connectivity index (χ1n) is 8.61. The Balaban J connectivity index is 1.36. The van der Waals surface area contributed by atoms with Gasteiger partial charge in [0.15, 0.2) is 0 Å². The Labute approximate surface area is 136 Å². The summed E-state index contributed by atoms with van der Waals surface area (Å²) >= 11 is 0. The van der Waals surface area contributed by atoms with Gasteiger partial charge in [0.2, 0.25) is 5.91 Å². The maximum atomic E-state index is 12.5. The van der Waals surface area contributed by atoms with E-state index >= 15 is 0 Å². The van der Waals surface area contributed by atoms with E-state index in [1.165, 1.54) is 6.42 Å². The SMILES string of the molecule is NC1C2CCC(C2)C1C(=O)Nc1ccc(OC2CCOC2)cc1. The molecule has 4 rings (SSSR count). The number of hydrogen-bond donors (Lipinski definition) is 2. The zero-order valence-electron chi connectivity index (χ0n) is 13.2. The monoisotopic (exact) mass is 316 g/mol. The fourth-order valence-electron chi connectivity index (χ4n) is 4.37. The summed E-state index contributed by atoms with van der Waals surface area (Å²) in [6, 6.07) is 7.60. The van der Waals surface area contributed by atoms with Crippen LogP contribution in [-0.2, 0) is 9.53 Å². The number of nitrogens with one attached hydrogen (secondary N) is 1. The standard InChI is InChI=1S/C18H24N2O3/c19-17-12-2-1-11(9-12)16(17)18(21)20-13-3-5-14(6-4-13)23-15-7-8-22-10-15/h3-6,11-12,15-17H,1-2,7-10,19H2,(H,20,21). The van der Waals surface area contributed by atoms with Gasteiger partial charge in [-0.2, -0.15) is 0 Å². The Morgan fingerprint density at radius 1 is 1.17 bits per heavy atom. The summed E-state index contributed by atoms with van der Waals surface area (Å²) in [4.78, 5) is 12.5. The Hall–Kier alpha value is -1.59. The van der Waals surface area contributed by atoms with Gasteiger partial charge >= 0.3 is 0 Å². The number of benzene rings is 1. The molecule has 2 saturated carbocycles. The zero-order valence-corrected chi connectivity index (χ0v) is 13.2. The van der Waals surface area contributed by atoms with Crippen LogP contribution >= 0.6 is 0 Å². The summed E-state index contributed by atoms with van der Waals surface area (Å²) in [5, 5.41) is 3.02. The van der Waals surface area contributed by atoms with Crippen molar-refractivity contribution in [3.05, 3.63) is 24.3 Å².